The zero-order chi connectivity index (χ0) is 13.2. The second-order valence-corrected chi connectivity index (χ2v) is 6.86. The zero-order valence-electron chi connectivity index (χ0n) is 10.6. The first kappa shape index (κ1) is 13.4. The Balaban J connectivity index is 2.05. The number of anilines is 1. The molecule has 0 amide bonds. The predicted octanol–water partition coefficient (Wildman–Crippen LogP) is 2.13. The van der Waals surface area contributed by atoms with Gasteiger partial charge >= 0.3 is 0 Å². The number of hydrogen-bond acceptors (Lipinski definition) is 3. The molecule has 0 spiro atoms. The van der Waals surface area contributed by atoms with E-state index in [4.69, 9.17) is 5.73 Å². The largest absolute Gasteiger partial charge is 0.399 e. The molecular weight excluding hydrogens is 248 g/mol. The van der Waals surface area contributed by atoms with Gasteiger partial charge in [-0.15, -0.1) is 0 Å². The van der Waals surface area contributed by atoms with Crippen molar-refractivity contribution in [3.63, 3.8) is 0 Å². The predicted molar refractivity (Wildman–Crippen MR) is 72.6 cm³/mol. The molecule has 3 N–H and O–H groups in total. The molecule has 0 atom stereocenters. The second-order valence-electron chi connectivity index (χ2n) is 5.15. The fourth-order valence-corrected chi connectivity index (χ4v) is 3.62. The van der Waals surface area contributed by atoms with Crippen molar-refractivity contribution in [1.29, 1.82) is 0 Å². The number of benzene rings is 1. The first-order valence-corrected chi connectivity index (χ1v) is 7.83. The van der Waals surface area contributed by atoms with E-state index >= 15 is 0 Å². The van der Waals surface area contributed by atoms with Crippen molar-refractivity contribution in [2.45, 2.75) is 43.5 Å². The Morgan fingerprint density at radius 2 is 1.67 bits per heavy atom. The Kier molecular flexibility index (Phi) is 3.92. The molecule has 100 valence electrons. The summed E-state index contributed by atoms with van der Waals surface area (Å²) in [5.74, 6) is 0.710. The summed E-state index contributed by atoms with van der Waals surface area (Å²) in [4.78, 5) is 0.287. The molecule has 1 aliphatic carbocycles. The van der Waals surface area contributed by atoms with Crippen molar-refractivity contribution in [2.24, 2.45) is 5.92 Å². The fourth-order valence-electron chi connectivity index (χ4n) is 2.31. The van der Waals surface area contributed by atoms with E-state index in [9.17, 15) is 8.42 Å². The standard InChI is InChI=1S/C13H20N2O2S/c1-10-2-6-12(7-3-10)15-18(16,17)13-8-4-11(14)5-9-13/h4-5,8-10,12,15H,2-3,6-7,14H2,1H3. The molecule has 0 aromatic heterocycles. The molecule has 1 fully saturated rings. The van der Waals surface area contributed by atoms with Crippen molar-refractivity contribution < 1.29 is 8.42 Å². The Morgan fingerprint density at radius 3 is 2.22 bits per heavy atom. The summed E-state index contributed by atoms with van der Waals surface area (Å²) >= 11 is 0. The number of nitrogens with two attached hydrogens (primary N) is 1. The number of hydrogen-bond donors (Lipinski definition) is 2. The lowest BCUT2D eigenvalue weighted by atomic mass is 9.88. The Bertz CT molecular complexity index is 488. The second kappa shape index (κ2) is 5.28. The van der Waals surface area contributed by atoms with Crippen LogP contribution in [0.1, 0.15) is 32.6 Å². The van der Waals surface area contributed by atoms with Crippen LogP contribution >= 0.6 is 0 Å². The van der Waals surface area contributed by atoms with E-state index in [2.05, 4.69) is 11.6 Å². The van der Waals surface area contributed by atoms with Crippen LogP contribution in [0.25, 0.3) is 0 Å². The minimum atomic E-state index is -3.40. The summed E-state index contributed by atoms with van der Waals surface area (Å²) in [7, 11) is -3.40. The van der Waals surface area contributed by atoms with Crippen LogP contribution in [0, 0.1) is 5.92 Å². The Hall–Kier alpha value is -1.07. The first-order valence-electron chi connectivity index (χ1n) is 6.35. The average Bonchev–Trinajstić information content (AvgIpc) is 2.32. The van der Waals surface area contributed by atoms with E-state index in [1.807, 2.05) is 0 Å². The Labute approximate surface area is 109 Å². The zero-order valence-corrected chi connectivity index (χ0v) is 11.4. The quantitative estimate of drug-likeness (QED) is 0.825. The lowest BCUT2D eigenvalue weighted by molar-refractivity contribution is 0.332. The van der Waals surface area contributed by atoms with Crippen molar-refractivity contribution in [3.05, 3.63) is 24.3 Å². The molecule has 1 aromatic rings. The van der Waals surface area contributed by atoms with Gasteiger partial charge in [0.05, 0.1) is 4.90 Å². The molecule has 0 heterocycles. The normalized spacial score (nSPS) is 24.9. The smallest absolute Gasteiger partial charge is 0.240 e. The van der Waals surface area contributed by atoms with Crippen LogP contribution in [0.3, 0.4) is 0 Å². The topological polar surface area (TPSA) is 72.2 Å². The molecule has 0 radical (unpaired) electrons. The highest BCUT2D eigenvalue weighted by molar-refractivity contribution is 7.89. The van der Waals surface area contributed by atoms with Crippen LogP contribution in [0.4, 0.5) is 5.69 Å². The monoisotopic (exact) mass is 268 g/mol. The van der Waals surface area contributed by atoms with Gasteiger partial charge in [-0.3, -0.25) is 0 Å². The molecule has 1 aromatic carbocycles. The SMILES string of the molecule is CC1CCC(NS(=O)(=O)c2ccc(N)cc2)CC1. The highest BCUT2D eigenvalue weighted by Gasteiger charge is 2.23. The molecule has 2 rings (SSSR count). The Morgan fingerprint density at radius 1 is 1.11 bits per heavy atom. The van der Waals surface area contributed by atoms with Gasteiger partial charge in [-0.2, -0.15) is 0 Å². The van der Waals surface area contributed by atoms with Crippen LogP contribution in [0.15, 0.2) is 29.2 Å². The van der Waals surface area contributed by atoms with Gasteiger partial charge in [-0.1, -0.05) is 6.92 Å². The maximum absolute atomic E-state index is 12.1. The highest BCUT2D eigenvalue weighted by Crippen LogP contribution is 2.24. The first-order chi connectivity index (χ1) is 8.47. The minimum absolute atomic E-state index is 0.0729. The van der Waals surface area contributed by atoms with Gasteiger partial charge in [0.2, 0.25) is 10.0 Å². The van der Waals surface area contributed by atoms with E-state index in [1.165, 1.54) is 0 Å². The molecule has 4 nitrogen and oxygen atoms in total. The van der Waals surface area contributed by atoms with Crippen molar-refractivity contribution in [2.75, 3.05) is 5.73 Å². The molecule has 0 unspecified atom stereocenters. The average molecular weight is 268 g/mol. The summed E-state index contributed by atoms with van der Waals surface area (Å²) in [6, 6.07) is 6.38. The van der Waals surface area contributed by atoms with Gasteiger partial charge < -0.3 is 5.73 Å². The third-order valence-electron chi connectivity index (χ3n) is 3.53. The molecule has 1 saturated carbocycles. The highest BCUT2D eigenvalue weighted by atomic mass is 32.2. The maximum atomic E-state index is 12.1. The molecule has 5 heteroatoms. The van der Waals surface area contributed by atoms with Gasteiger partial charge in [0.1, 0.15) is 0 Å². The summed E-state index contributed by atoms with van der Waals surface area (Å²) < 4.78 is 27.1. The van der Waals surface area contributed by atoms with Crippen LogP contribution in [-0.4, -0.2) is 14.5 Å². The van der Waals surface area contributed by atoms with Gasteiger partial charge in [-0.05, 0) is 55.9 Å². The lowest BCUT2D eigenvalue weighted by Gasteiger charge is -2.26. The van der Waals surface area contributed by atoms with Crippen molar-refractivity contribution >= 4 is 15.7 Å². The molecule has 0 bridgehead atoms. The van der Waals surface area contributed by atoms with E-state index in [-0.39, 0.29) is 10.9 Å². The molecule has 18 heavy (non-hydrogen) atoms. The van der Waals surface area contributed by atoms with E-state index < -0.39 is 10.0 Å². The van der Waals surface area contributed by atoms with Gasteiger partial charge in [0.25, 0.3) is 0 Å². The number of rotatable bonds is 3. The molecule has 1 aliphatic rings. The molecule has 0 aliphatic heterocycles. The maximum Gasteiger partial charge on any atom is 0.240 e. The van der Waals surface area contributed by atoms with E-state index in [0.717, 1.165) is 25.7 Å². The number of nitrogen functional groups attached to an aromatic ring is 1. The fraction of sp³-hybridized carbons (Fsp3) is 0.538. The number of sulfonamides is 1. The summed E-state index contributed by atoms with van der Waals surface area (Å²) in [5.41, 5.74) is 6.12. The third kappa shape index (κ3) is 3.23. The van der Waals surface area contributed by atoms with E-state index in [0.29, 0.717) is 11.6 Å². The van der Waals surface area contributed by atoms with Crippen LogP contribution < -0.4 is 10.5 Å². The summed E-state index contributed by atoms with van der Waals surface area (Å²) in [6.45, 7) is 2.21. The molecule has 0 saturated heterocycles. The van der Waals surface area contributed by atoms with E-state index in [1.54, 1.807) is 24.3 Å². The summed E-state index contributed by atoms with van der Waals surface area (Å²) in [6.07, 6.45) is 4.04. The van der Waals surface area contributed by atoms with Gasteiger partial charge in [-0.25, -0.2) is 13.1 Å². The lowest BCUT2D eigenvalue weighted by Crippen LogP contribution is -2.37. The van der Waals surface area contributed by atoms with Crippen molar-refractivity contribution in [1.82, 2.24) is 4.72 Å². The van der Waals surface area contributed by atoms with Gasteiger partial charge in [0, 0.05) is 11.7 Å². The number of nitrogens with one attached hydrogen (secondary N) is 1. The van der Waals surface area contributed by atoms with Gasteiger partial charge in [0.15, 0.2) is 0 Å². The minimum Gasteiger partial charge on any atom is -0.399 e. The van der Waals surface area contributed by atoms with Crippen molar-refractivity contribution in [3.8, 4) is 0 Å². The summed E-state index contributed by atoms with van der Waals surface area (Å²) in [5, 5.41) is 0. The van der Waals surface area contributed by atoms with Crippen LogP contribution in [0.5, 0.6) is 0 Å². The van der Waals surface area contributed by atoms with Crippen LogP contribution in [-0.2, 0) is 10.0 Å². The molecular formula is C13H20N2O2S. The van der Waals surface area contributed by atoms with Crippen LogP contribution in [0.2, 0.25) is 0 Å². The third-order valence-corrected chi connectivity index (χ3v) is 5.06.